The smallest absolute Gasteiger partial charge is 0.327 e. The van der Waals surface area contributed by atoms with Crippen molar-refractivity contribution in [3.63, 3.8) is 0 Å². The van der Waals surface area contributed by atoms with Gasteiger partial charge in [0.15, 0.2) is 0 Å². The number of Topliss-reactive ketones (excluding diaryl/α,β-unsaturated/α-hetero) is 1. The number of aliphatic hydroxyl groups excluding tert-OH is 1. The summed E-state index contributed by atoms with van der Waals surface area (Å²) in [4.78, 5) is 22.4. The van der Waals surface area contributed by atoms with Crippen molar-refractivity contribution >= 4 is 11.8 Å². The van der Waals surface area contributed by atoms with Gasteiger partial charge in [-0.3, -0.25) is 4.79 Å². The van der Waals surface area contributed by atoms with Crippen molar-refractivity contribution in [3.8, 4) is 0 Å². The Morgan fingerprint density at radius 3 is 2.92 bits per heavy atom. The molecule has 0 aromatic heterocycles. The van der Waals surface area contributed by atoms with Gasteiger partial charge in [0.1, 0.15) is 5.78 Å². The number of aliphatic carboxylic acids is 1. The lowest BCUT2D eigenvalue weighted by atomic mass is 9.89. The Labute approximate surface area is 144 Å². The zero-order chi connectivity index (χ0) is 17.8. The van der Waals surface area contributed by atoms with Crippen molar-refractivity contribution in [2.45, 2.75) is 58.0 Å². The van der Waals surface area contributed by atoms with Crippen LogP contribution in [0.1, 0.15) is 51.9 Å². The standard InChI is InChI=1S/C19H30O5/c1-2-24-14-13-16(20)11-9-15-10-12-18(21)17(15)7-5-3-4-6-8-19(22)23/h6,8-9,11,15-17,20H,2-5,7,10,12-14H2,1H3,(H,22,23)/b8-6+,11-9+/t15-,16?,17+/m0/s1. The van der Waals surface area contributed by atoms with Gasteiger partial charge >= 0.3 is 5.97 Å². The molecule has 136 valence electrons. The van der Waals surface area contributed by atoms with E-state index in [-0.39, 0.29) is 11.8 Å². The third kappa shape index (κ3) is 8.41. The van der Waals surface area contributed by atoms with Gasteiger partial charge in [-0.25, -0.2) is 4.79 Å². The molecule has 1 unspecified atom stereocenters. The summed E-state index contributed by atoms with van der Waals surface area (Å²) in [6.45, 7) is 3.12. The van der Waals surface area contributed by atoms with E-state index in [0.29, 0.717) is 31.8 Å². The minimum atomic E-state index is -0.922. The van der Waals surface area contributed by atoms with Crippen LogP contribution in [0.25, 0.3) is 0 Å². The highest BCUT2D eigenvalue weighted by Crippen LogP contribution is 2.33. The first-order chi connectivity index (χ1) is 11.5. The molecule has 1 rings (SSSR count). The zero-order valence-electron chi connectivity index (χ0n) is 14.5. The van der Waals surface area contributed by atoms with Crippen LogP contribution in [0.3, 0.4) is 0 Å². The number of aliphatic hydroxyl groups is 1. The highest BCUT2D eigenvalue weighted by molar-refractivity contribution is 5.83. The number of allylic oxidation sites excluding steroid dienone is 2. The summed E-state index contributed by atoms with van der Waals surface area (Å²) in [7, 11) is 0. The SMILES string of the molecule is CCOCCC(O)/C=C/[C@H]1CCC(=O)[C@@H]1CCCC/C=C/C(=O)O. The summed E-state index contributed by atoms with van der Waals surface area (Å²) < 4.78 is 5.22. The molecule has 24 heavy (non-hydrogen) atoms. The number of unbranched alkanes of at least 4 members (excludes halogenated alkanes) is 2. The van der Waals surface area contributed by atoms with Crippen LogP contribution in [0, 0.1) is 11.8 Å². The zero-order valence-corrected chi connectivity index (χ0v) is 14.5. The van der Waals surface area contributed by atoms with E-state index in [0.717, 1.165) is 38.2 Å². The average Bonchev–Trinajstić information content (AvgIpc) is 2.89. The number of carboxylic acid groups (broad SMARTS) is 1. The molecule has 5 heteroatoms. The van der Waals surface area contributed by atoms with Crippen molar-refractivity contribution < 1.29 is 24.5 Å². The summed E-state index contributed by atoms with van der Waals surface area (Å²) in [5.74, 6) is -0.346. The maximum absolute atomic E-state index is 12.0. The van der Waals surface area contributed by atoms with E-state index in [1.165, 1.54) is 0 Å². The Kier molecular flexibility index (Phi) is 10.3. The van der Waals surface area contributed by atoms with Gasteiger partial charge in [0, 0.05) is 38.0 Å². The first-order valence-electron chi connectivity index (χ1n) is 8.91. The first-order valence-corrected chi connectivity index (χ1v) is 8.91. The van der Waals surface area contributed by atoms with Crippen LogP contribution in [-0.4, -0.2) is 41.3 Å². The second-order valence-electron chi connectivity index (χ2n) is 6.24. The van der Waals surface area contributed by atoms with Gasteiger partial charge in [-0.1, -0.05) is 24.6 Å². The first kappa shape index (κ1) is 20.6. The summed E-state index contributed by atoms with van der Waals surface area (Å²) in [6, 6.07) is 0. The second-order valence-corrected chi connectivity index (χ2v) is 6.24. The maximum atomic E-state index is 12.0. The molecule has 0 aromatic carbocycles. The van der Waals surface area contributed by atoms with Crippen LogP contribution in [0.15, 0.2) is 24.3 Å². The Morgan fingerprint density at radius 2 is 2.21 bits per heavy atom. The van der Waals surface area contributed by atoms with Crippen molar-refractivity contribution in [3.05, 3.63) is 24.3 Å². The summed E-state index contributed by atoms with van der Waals surface area (Å²) in [6.07, 6.45) is 11.5. The van der Waals surface area contributed by atoms with Gasteiger partial charge in [0.2, 0.25) is 0 Å². The number of rotatable bonds is 12. The lowest BCUT2D eigenvalue weighted by Crippen LogP contribution is -2.14. The van der Waals surface area contributed by atoms with Crippen molar-refractivity contribution in [2.24, 2.45) is 11.8 Å². The molecule has 0 heterocycles. The molecule has 2 N–H and O–H groups in total. The monoisotopic (exact) mass is 338 g/mol. The Morgan fingerprint density at radius 1 is 1.42 bits per heavy atom. The molecule has 3 atom stereocenters. The van der Waals surface area contributed by atoms with Crippen molar-refractivity contribution in [1.29, 1.82) is 0 Å². The van der Waals surface area contributed by atoms with Crippen LogP contribution in [0.2, 0.25) is 0 Å². The van der Waals surface area contributed by atoms with Crippen molar-refractivity contribution in [1.82, 2.24) is 0 Å². The molecular formula is C19H30O5. The number of hydrogen-bond acceptors (Lipinski definition) is 4. The minimum absolute atomic E-state index is 0.0452. The number of hydrogen-bond donors (Lipinski definition) is 2. The third-order valence-corrected chi connectivity index (χ3v) is 4.39. The molecule has 1 aliphatic rings. The van der Waals surface area contributed by atoms with E-state index in [1.54, 1.807) is 12.2 Å². The van der Waals surface area contributed by atoms with Crippen LogP contribution in [0.4, 0.5) is 0 Å². The Balaban J connectivity index is 2.33. The highest BCUT2D eigenvalue weighted by atomic mass is 16.5. The fourth-order valence-electron chi connectivity index (χ4n) is 3.07. The van der Waals surface area contributed by atoms with E-state index >= 15 is 0 Å². The van der Waals surface area contributed by atoms with Gasteiger partial charge in [0.25, 0.3) is 0 Å². The molecule has 1 aliphatic carbocycles. The van der Waals surface area contributed by atoms with Crippen LogP contribution < -0.4 is 0 Å². The molecule has 0 aromatic rings. The van der Waals surface area contributed by atoms with E-state index in [4.69, 9.17) is 9.84 Å². The number of carbonyl (C=O) groups is 2. The average molecular weight is 338 g/mol. The Bertz CT molecular complexity index is 441. The molecule has 0 bridgehead atoms. The van der Waals surface area contributed by atoms with Crippen LogP contribution in [0.5, 0.6) is 0 Å². The molecule has 0 amide bonds. The lowest BCUT2D eigenvalue weighted by Gasteiger charge is -2.15. The Hall–Kier alpha value is -1.46. The minimum Gasteiger partial charge on any atom is -0.478 e. The van der Waals surface area contributed by atoms with E-state index in [2.05, 4.69) is 0 Å². The molecule has 5 nitrogen and oxygen atoms in total. The molecule has 0 radical (unpaired) electrons. The van der Waals surface area contributed by atoms with Gasteiger partial charge < -0.3 is 14.9 Å². The van der Waals surface area contributed by atoms with Crippen molar-refractivity contribution in [2.75, 3.05) is 13.2 Å². The second kappa shape index (κ2) is 12.0. The largest absolute Gasteiger partial charge is 0.478 e. The van der Waals surface area contributed by atoms with Gasteiger partial charge in [-0.2, -0.15) is 0 Å². The molecule has 0 saturated heterocycles. The van der Waals surface area contributed by atoms with E-state index < -0.39 is 12.1 Å². The maximum Gasteiger partial charge on any atom is 0.327 e. The predicted octanol–water partition coefficient (Wildman–Crippen LogP) is 3.13. The molecular weight excluding hydrogens is 308 g/mol. The fraction of sp³-hybridized carbons (Fsp3) is 0.684. The normalized spacial score (nSPS) is 22.7. The number of carbonyl (C=O) groups excluding carboxylic acids is 1. The summed E-state index contributed by atoms with van der Waals surface area (Å²) in [5.41, 5.74) is 0. The third-order valence-electron chi connectivity index (χ3n) is 4.39. The number of ether oxygens (including phenoxy) is 1. The summed E-state index contributed by atoms with van der Waals surface area (Å²) >= 11 is 0. The van der Waals surface area contributed by atoms with Crippen LogP contribution in [-0.2, 0) is 14.3 Å². The van der Waals surface area contributed by atoms with Gasteiger partial charge in [-0.15, -0.1) is 0 Å². The predicted molar refractivity (Wildman–Crippen MR) is 92.7 cm³/mol. The molecule has 1 fully saturated rings. The number of ketones is 1. The van der Waals surface area contributed by atoms with Crippen LogP contribution >= 0.6 is 0 Å². The van der Waals surface area contributed by atoms with E-state index in [9.17, 15) is 14.7 Å². The molecule has 1 saturated carbocycles. The fourth-order valence-corrected chi connectivity index (χ4v) is 3.07. The quantitative estimate of drug-likeness (QED) is 0.324. The van der Waals surface area contributed by atoms with Gasteiger partial charge in [-0.05, 0) is 38.5 Å². The number of carboxylic acids is 1. The highest BCUT2D eigenvalue weighted by Gasteiger charge is 2.32. The van der Waals surface area contributed by atoms with Gasteiger partial charge in [0.05, 0.1) is 6.10 Å². The molecule has 0 spiro atoms. The van der Waals surface area contributed by atoms with E-state index in [1.807, 2.05) is 13.0 Å². The lowest BCUT2D eigenvalue weighted by molar-refractivity contribution is -0.131. The molecule has 0 aliphatic heterocycles. The summed E-state index contributed by atoms with van der Waals surface area (Å²) in [5, 5.41) is 18.4. The topological polar surface area (TPSA) is 83.8 Å².